The maximum Gasteiger partial charge on any atom is 0.451 e. The topological polar surface area (TPSA) is 66.5 Å². The highest BCUT2D eigenvalue weighted by atomic mass is 32.2. The van der Waals surface area contributed by atoms with Gasteiger partial charge in [0.2, 0.25) is 5.82 Å². The molecule has 1 saturated carbocycles. The number of fused-ring (bicyclic) bond motifs is 1. The molecule has 0 aromatic carbocycles. The number of H-pyrrole nitrogens is 1. The van der Waals surface area contributed by atoms with Gasteiger partial charge in [-0.2, -0.15) is 24.9 Å². The Hall–Kier alpha value is -1.51. The molecule has 3 rings (SSSR count). The molecule has 9 heteroatoms. The lowest BCUT2D eigenvalue weighted by Gasteiger charge is -2.40. The molecule has 0 bridgehead atoms. The number of aromatic nitrogens is 4. The third-order valence-corrected chi connectivity index (χ3v) is 5.23. The monoisotopic (exact) mass is 317 g/mol. The lowest BCUT2D eigenvalue weighted by Crippen LogP contribution is -2.40. The second-order valence-electron chi connectivity index (χ2n) is 5.09. The molecule has 0 unspecified atom stereocenters. The summed E-state index contributed by atoms with van der Waals surface area (Å²) in [6.07, 6.45) is 2.03. The zero-order chi connectivity index (χ0) is 15.1. The molecule has 2 aromatic heterocycles. The first-order valence-corrected chi connectivity index (χ1v) is 7.73. The average Bonchev–Trinajstić information content (AvgIpc) is 2.85. The molecule has 0 spiro atoms. The van der Waals surface area contributed by atoms with Crippen LogP contribution in [0.3, 0.4) is 0 Å². The van der Waals surface area contributed by atoms with Crippen LogP contribution in [-0.2, 0) is 6.18 Å². The van der Waals surface area contributed by atoms with Gasteiger partial charge in [-0.05, 0) is 19.1 Å². The fourth-order valence-electron chi connectivity index (χ4n) is 2.36. The number of anilines is 1. The lowest BCUT2D eigenvalue weighted by atomic mass is 9.84. The highest BCUT2D eigenvalue weighted by Crippen LogP contribution is 2.43. The van der Waals surface area contributed by atoms with Crippen LogP contribution in [0.2, 0.25) is 0 Å². The number of hydrogen-bond donors (Lipinski definition) is 2. The molecule has 2 heterocycles. The molecular formula is C12H14F3N5S. The largest absolute Gasteiger partial charge is 0.451 e. The van der Waals surface area contributed by atoms with Gasteiger partial charge in [0.15, 0.2) is 11.5 Å². The molecule has 1 aliphatic rings. The number of nitrogens with one attached hydrogen (secondary N) is 2. The van der Waals surface area contributed by atoms with E-state index in [2.05, 4.69) is 25.3 Å². The summed E-state index contributed by atoms with van der Waals surface area (Å²) in [7, 11) is 0. The summed E-state index contributed by atoms with van der Waals surface area (Å²) in [4.78, 5) is 13.6. The first kappa shape index (κ1) is 14.4. The minimum absolute atomic E-state index is 0.0200. The SMILES string of the molecule is CSC1(CNc2nc(C(F)(F)F)nc3nc[nH]c23)CCC1. The van der Waals surface area contributed by atoms with Crippen molar-refractivity contribution in [2.75, 3.05) is 18.1 Å². The van der Waals surface area contributed by atoms with Crippen LogP contribution >= 0.6 is 11.8 Å². The summed E-state index contributed by atoms with van der Waals surface area (Å²) >= 11 is 1.74. The molecule has 0 saturated heterocycles. The smallest absolute Gasteiger partial charge is 0.367 e. The number of nitrogens with zero attached hydrogens (tertiary/aromatic N) is 3. The summed E-state index contributed by atoms with van der Waals surface area (Å²) in [5.74, 6) is -1.01. The molecule has 21 heavy (non-hydrogen) atoms. The van der Waals surface area contributed by atoms with Crippen molar-refractivity contribution in [1.82, 2.24) is 19.9 Å². The van der Waals surface area contributed by atoms with E-state index < -0.39 is 12.0 Å². The van der Waals surface area contributed by atoms with Crippen LogP contribution in [0.5, 0.6) is 0 Å². The quantitative estimate of drug-likeness (QED) is 0.907. The Balaban J connectivity index is 1.91. The van der Waals surface area contributed by atoms with Crippen molar-refractivity contribution in [3.63, 3.8) is 0 Å². The highest BCUT2D eigenvalue weighted by Gasteiger charge is 2.38. The maximum atomic E-state index is 12.8. The zero-order valence-corrected chi connectivity index (χ0v) is 12.1. The van der Waals surface area contributed by atoms with Crippen molar-refractivity contribution in [1.29, 1.82) is 0 Å². The molecule has 1 aliphatic carbocycles. The molecule has 0 aliphatic heterocycles. The van der Waals surface area contributed by atoms with E-state index in [1.807, 2.05) is 6.26 Å². The fourth-order valence-corrected chi connectivity index (χ4v) is 3.27. The fraction of sp³-hybridized carbons (Fsp3) is 0.583. The maximum absolute atomic E-state index is 12.8. The normalized spacial score (nSPS) is 17.7. The number of thioether (sulfide) groups is 1. The number of hydrogen-bond acceptors (Lipinski definition) is 5. The van der Waals surface area contributed by atoms with Gasteiger partial charge in [-0.3, -0.25) is 0 Å². The van der Waals surface area contributed by atoms with Crippen molar-refractivity contribution in [2.45, 2.75) is 30.2 Å². The number of alkyl halides is 3. The van der Waals surface area contributed by atoms with Gasteiger partial charge in [0.25, 0.3) is 0 Å². The van der Waals surface area contributed by atoms with Gasteiger partial charge in [0.1, 0.15) is 5.52 Å². The van der Waals surface area contributed by atoms with E-state index in [0.717, 1.165) is 19.3 Å². The second-order valence-corrected chi connectivity index (χ2v) is 6.36. The van der Waals surface area contributed by atoms with Crippen molar-refractivity contribution in [3.8, 4) is 0 Å². The Morgan fingerprint density at radius 3 is 2.71 bits per heavy atom. The van der Waals surface area contributed by atoms with Crippen LogP contribution in [0.25, 0.3) is 11.2 Å². The van der Waals surface area contributed by atoms with E-state index >= 15 is 0 Å². The predicted octanol–water partition coefficient (Wildman–Crippen LogP) is 3.07. The van der Waals surface area contributed by atoms with Crippen molar-refractivity contribution >= 4 is 28.7 Å². The number of rotatable bonds is 4. The Morgan fingerprint density at radius 2 is 2.14 bits per heavy atom. The van der Waals surface area contributed by atoms with E-state index in [1.54, 1.807) is 11.8 Å². The Kier molecular flexibility index (Phi) is 3.46. The van der Waals surface area contributed by atoms with Crippen LogP contribution in [0, 0.1) is 0 Å². The summed E-state index contributed by atoms with van der Waals surface area (Å²) in [6.45, 7) is 0.580. The minimum atomic E-state index is -4.59. The van der Waals surface area contributed by atoms with Crippen molar-refractivity contribution in [3.05, 3.63) is 12.2 Å². The van der Waals surface area contributed by atoms with E-state index in [9.17, 15) is 13.2 Å². The van der Waals surface area contributed by atoms with E-state index in [4.69, 9.17) is 0 Å². The molecule has 2 aromatic rings. The number of imidazole rings is 1. The molecule has 5 nitrogen and oxygen atoms in total. The van der Waals surface area contributed by atoms with E-state index in [1.165, 1.54) is 6.33 Å². The van der Waals surface area contributed by atoms with Crippen LogP contribution in [0.4, 0.5) is 19.0 Å². The third-order valence-electron chi connectivity index (χ3n) is 3.81. The van der Waals surface area contributed by atoms with Crippen molar-refractivity contribution in [2.24, 2.45) is 0 Å². The van der Waals surface area contributed by atoms with Gasteiger partial charge in [-0.25, -0.2) is 15.0 Å². The summed E-state index contributed by atoms with van der Waals surface area (Å²) in [5.41, 5.74) is 0.421. The van der Waals surface area contributed by atoms with Crippen molar-refractivity contribution < 1.29 is 13.2 Å². The third kappa shape index (κ3) is 2.66. The van der Waals surface area contributed by atoms with Gasteiger partial charge < -0.3 is 10.3 Å². The average molecular weight is 317 g/mol. The lowest BCUT2D eigenvalue weighted by molar-refractivity contribution is -0.144. The molecule has 0 amide bonds. The molecule has 0 radical (unpaired) electrons. The Morgan fingerprint density at radius 1 is 1.38 bits per heavy atom. The molecule has 1 fully saturated rings. The zero-order valence-electron chi connectivity index (χ0n) is 11.3. The molecular weight excluding hydrogens is 303 g/mol. The first-order valence-electron chi connectivity index (χ1n) is 6.51. The van der Waals surface area contributed by atoms with Gasteiger partial charge in [0.05, 0.1) is 6.33 Å². The second kappa shape index (κ2) is 5.04. The van der Waals surface area contributed by atoms with E-state index in [-0.39, 0.29) is 16.2 Å². The molecule has 114 valence electrons. The summed E-state index contributed by atoms with van der Waals surface area (Å²) in [6, 6.07) is 0. The molecule has 2 N–H and O–H groups in total. The van der Waals surface area contributed by atoms with Gasteiger partial charge in [-0.1, -0.05) is 6.42 Å². The summed E-state index contributed by atoms with van der Waals surface area (Å²) < 4.78 is 38.6. The van der Waals surface area contributed by atoms with Gasteiger partial charge >= 0.3 is 6.18 Å². The van der Waals surface area contributed by atoms with Crippen LogP contribution in [0.15, 0.2) is 6.33 Å². The van der Waals surface area contributed by atoms with Gasteiger partial charge in [0, 0.05) is 11.3 Å². The van der Waals surface area contributed by atoms with E-state index in [0.29, 0.717) is 12.1 Å². The predicted molar refractivity (Wildman–Crippen MR) is 75.3 cm³/mol. The minimum Gasteiger partial charge on any atom is -0.367 e. The Labute approximate surface area is 123 Å². The van der Waals surface area contributed by atoms with Crippen LogP contribution in [0.1, 0.15) is 25.1 Å². The number of halogens is 3. The molecule has 0 atom stereocenters. The number of aromatic amines is 1. The van der Waals surface area contributed by atoms with Crippen LogP contribution < -0.4 is 5.32 Å². The van der Waals surface area contributed by atoms with Gasteiger partial charge in [-0.15, -0.1) is 0 Å². The highest BCUT2D eigenvalue weighted by molar-refractivity contribution is 8.00. The Bertz CT molecular complexity index is 644. The van der Waals surface area contributed by atoms with Crippen LogP contribution in [-0.4, -0.2) is 37.5 Å². The summed E-state index contributed by atoms with van der Waals surface area (Å²) in [5, 5.41) is 3.04. The first-order chi connectivity index (χ1) is 9.93. The standard InChI is InChI=1S/C12H14F3N5S/c1-21-11(3-2-4-11)5-16-8-7-9(18-6-17-7)20-10(19-8)12(13,14)15/h6H,2-5H2,1H3,(H2,16,17,18,19,20).